The third kappa shape index (κ3) is 4900. The van der Waals surface area contributed by atoms with Crippen molar-refractivity contribution in [2.45, 2.75) is 0 Å². The first-order chi connectivity index (χ1) is 3.46. The van der Waals surface area contributed by atoms with Crippen molar-refractivity contribution >= 4 is 27.5 Å². The van der Waals surface area contributed by atoms with Gasteiger partial charge in [0.15, 0.2) is 0 Å². The summed E-state index contributed by atoms with van der Waals surface area (Å²) >= 11 is 0. The molecule has 0 aliphatic carbocycles. The molecule has 0 amide bonds. The van der Waals surface area contributed by atoms with Crippen molar-refractivity contribution in [1.29, 1.82) is 0 Å². The van der Waals surface area contributed by atoms with E-state index in [0.717, 1.165) is 0 Å². The Bertz CT molecular complexity index is 69.1. The zero-order valence-corrected chi connectivity index (χ0v) is 5.29. The van der Waals surface area contributed by atoms with Gasteiger partial charge in [0.1, 0.15) is 0 Å². The molecule has 0 bridgehead atoms. The first-order valence-electron chi connectivity index (χ1n) is 1.17. The normalized spacial score (nSPS) is 5.78. The second kappa shape index (κ2) is 11.1. The van der Waals surface area contributed by atoms with Crippen LogP contribution in [0.3, 0.4) is 0 Å². The predicted octanol–water partition coefficient (Wildman–Crippen LogP) is -2.19. The summed E-state index contributed by atoms with van der Waals surface area (Å²) in [5, 5.41) is 0. The highest BCUT2D eigenvalue weighted by Gasteiger charge is 1.93. The maximum atomic E-state index is 8.70. The molecular weight excluding hydrogens is 186 g/mol. The van der Waals surface area contributed by atoms with E-state index < -0.39 is 16.5 Å². The highest BCUT2D eigenvalue weighted by Crippen LogP contribution is 1.98. The Balaban J connectivity index is -0.0000000720. The van der Waals surface area contributed by atoms with Crippen LogP contribution in [0.4, 0.5) is 0 Å². The number of rotatable bonds is 0. The molecule has 9 heteroatoms. The Morgan fingerprint density at radius 3 is 0.778 bits per heavy atom. The fraction of sp³-hybridized carbons (Fsp3) is 0. The topological polar surface area (TPSA) is 115 Å². The number of hydrogen-bond acceptors (Lipinski definition) is 2. The molecule has 56 valence electrons. The monoisotopic (exact) mass is 194 g/mol. The molecule has 0 heterocycles. The Morgan fingerprint density at radius 2 is 0.778 bits per heavy atom. The fourth-order valence-corrected chi connectivity index (χ4v) is 0. The lowest BCUT2D eigenvalue weighted by molar-refractivity contribution is 0.403. The molecule has 9 heavy (non-hydrogen) atoms. The minimum Gasteiger partial charge on any atom is -0.134 e. The lowest BCUT2D eigenvalue weighted by Gasteiger charge is -1.34. The van der Waals surface area contributed by atoms with Gasteiger partial charge in [0, 0.05) is 9.13 Å². The van der Waals surface area contributed by atoms with E-state index in [4.69, 9.17) is 28.7 Å². The van der Waals surface area contributed by atoms with Gasteiger partial charge in [0.2, 0.25) is 0 Å². The van der Waals surface area contributed by atoms with Gasteiger partial charge in [0.05, 0.1) is 0 Å². The van der Waals surface area contributed by atoms with Crippen molar-refractivity contribution in [2.24, 2.45) is 0 Å². The van der Waals surface area contributed by atoms with Crippen LogP contribution in [0.1, 0.15) is 0 Å². The van der Waals surface area contributed by atoms with Crippen molar-refractivity contribution in [3.8, 4) is 0 Å². The van der Waals surface area contributed by atoms with Gasteiger partial charge in [-0.25, -0.2) is 0 Å². The molecule has 4 N–H and O–H groups in total. The molecule has 0 rings (SSSR count). The molecule has 0 aromatic rings. The summed E-state index contributed by atoms with van der Waals surface area (Å²) in [5.74, 6) is 0. The third-order valence-corrected chi connectivity index (χ3v) is 0. The first-order valence-corrected chi connectivity index (χ1v) is 3.50. The van der Waals surface area contributed by atoms with Crippen molar-refractivity contribution < 1.29 is 28.7 Å². The maximum absolute atomic E-state index is 8.70. The molecule has 0 unspecified atom stereocenters. The molecule has 6 nitrogen and oxygen atoms in total. The van der Waals surface area contributed by atoms with E-state index in [0.29, 0.717) is 0 Å². The molecule has 0 aliphatic rings. The van der Waals surface area contributed by atoms with Crippen LogP contribution in [0, 0.1) is 0 Å². The summed E-state index contributed by atoms with van der Waals surface area (Å²) in [4.78, 5) is 28.5. The Labute approximate surface area is 57.1 Å². The summed E-state index contributed by atoms with van der Waals surface area (Å²) < 4.78 is 17.4. The molecule has 0 aromatic heterocycles. The molecule has 0 fully saturated rings. The highest BCUT2D eigenvalue weighted by atomic mass is 31.1. The molecular formula is H8O6P2Si+2. The van der Waals surface area contributed by atoms with Crippen LogP contribution in [0.15, 0.2) is 0 Å². The molecule has 0 aliphatic heterocycles. The van der Waals surface area contributed by atoms with Crippen LogP contribution in [0.25, 0.3) is 0 Å². The van der Waals surface area contributed by atoms with Crippen LogP contribution in [0.2, 0.25) is 0 Å². The summed E-state index contributed by atoms with van der Waals surface area (Å²) in [6.45, 7) is 0. The molecule has 0 saturated heterocycles. The molecule has 0 atom stereocenters. The average Bonchev–Trinajstić information content (AvgIpc) is 1.25. The van der Waals surface area contributed by atoms with E-state index in [1.165, 1.54) is 0 Å². The molecule has 0 saturated carbocycles. The predicted molar refractivity (Wildman–Crippen MR) is 35.4 cm³/mol. The largest absolute Gasteiger partial charge is 0.692 e. The van der Waals surface area contributed by atoms with Gasteiger partial charge in [0.25, 0.3) is 0 Å². The zero-order chi connectivity index (χ0) is 7.15. The van der Waals surface area contributed by atoms with Crippen LogP contribution >= 0.6 is 16.5 Å². The standard InChI is InChI=1S/2HO3P.H4Si/c2*1-4(2)3;/h2*(H-,1,2,3);1H4/p+2. The first kappa shape index (κ1) is 16.1. The minimum absolute atomic E-state index is 0. The summed E-state index contributed by atoms with van der Waals surface area (Å²) in [5.41, 5.74) is 0. The van der Waals surface area contributed by atoms with Crippen LogP contribution < -0.4 is 0 Å². The van der Waals surface area contributed by atoms with E-state index in [9.17, 15) is 0 Å². The van der Waals surface area contributed by atoms with E-state index in [2.05, 4.69) is 0 Å². The summed E-state index contributed by atoms with van der Waals surface area (Å²) in [6.07, 6.45) is 0. The Hall–Kier alpha value is 0.257. The zero-order valence-electron chi connectivity index (χ0n) is 3.50. The smallest absolute Gasteiger partial charge is 0.134 e. The molecule has 0 spiro atoms. The lowest BCUT2D eigenvalue weighted by Crippen LogP contribution is -1.38. The van der Waals surface area contributed by atoms with Gasteiger partial charge >= 0.3 is 16.5 Å². The second-order valence-corrected chi connectivity index (χ2v) is 1.52. The lowest BCUT2D eigenvalue weighted by atomic mass is 15.8. The Morgan fingerprint density at radius 1 is 0.778 bits per heavy atom. The fourth-order valence-electron chi connectivity index (χ4n) is 0. The number of hydrogen-bond donors (Lipinski definition) is 4. The van der Waals surface area contributed by atoms with Crippen molar-refractivity contribution in [3.63, 3.8) is 0 Å². The van der Waals surface area contributed by atoms with Gasteiger partial charge in [-0.1, -0.05) is 0 Å². The van der Waals surface area contributed by atoms with Gasteiger partial charge in [-0.3, -0.25) is 0 Å². The van der Waals surface area contributed by atoms with E-state index >= 15 is 0 Å². The minimum atomic E-state index is -2.87. The van der Waals surface area contributed by atoms with Crippen molar-refractivity contribution in [3.05, 3.63) is 0 Å². The van der Waals surface area contributed by atoms with Gasteiger partial charge in [-0.05, 0) is 11.0 Å². The molecule has 0 radical (unpaired) electrons. The van der Waals surface area contributed by atoms with Crippen LogP contribution in [0.5, 0.6) is 0 Å². The SMILES string of the molecule is O=[P+](O)O.O=[P+](O)O.[SiH4]. The van der Waals surface area contributed by atoms with Gasteiger partial charge < -0.3 is 0 Å². The van der Waals surface area contributed by atoms with Crippen molar-refractivity contribution in [2.75, 3.05) is 0 Å². The van der Waals surface area contributed by atoms with Crippen LogP contribution in [-0.4, -0.2) is 30.5 Å². The van der Waals surface area contributed by atoms with Gasteiger partial charge in [-0.2, -0.15) is 0 Å². The van der Waals surface area contributed by atoms with E-state index in [1.807, 2.05) is 0 Å². The Kier molecular flexibility index (Phi) is 19.9. The maximum Gasteiger partial charge on any atom is 0.692 e. The summed E-state index contributed by atoms with van der Waals surface area (Å²) in [7, 11) is -5.74. The average molecular weight is 194 g/mol. The van der Waals surface area contributed by atoms with E-state index in [1.54, 1.807) is 0 Å². The van der Waals surface area contributed by atoms with Gasteiger partial charge in [-0.15, -0.1) is 19.6 Å². The van der Waals surface area contributed by atoms with Crippen molar-refractivity contribution in [1.82, 2.24) is 0 Å². The third-order valence-electron chi connectivity index (χ3n) is 0. The highest BCUT2D eigenvalue weighted by molar-refractivity contribution is 7.31. The van der Waals surface area contributed by atoms with Crippen LogP contribution in [-0.2, 0) is 9.13 Å². The second-order valence-electron chi connectivity index (χ2n) is 0.505. The summed E-state index contributed by atoms with van der Waals surface area (Å²) in [6, 6.07) is 0. The quantitative estimate of drug-likeness (QED) is 0.257. The van der Waals surface area contributed by atoms with E-state index in [-0.39, 0.29) is 11.0 Å². The molecule has 0 aromatic carbocycles.